The van der Waals surface area contributed by atoms with E-state index in [-0.39, 0.29) is 11.0 Å². The zero-order chi connectivity index (χ0) is 13.2. The fourth-order valence-corrected chi connectivity index (χ4v) is 2.08. The molecule has 0 aliphatic rings. The predicted octanol–water partition coefficient (Wildman–Crippen LogP) is 3.53. The molecule has 0 unspecified atom stereocenters. The number of thiocarbonyl (C=S) groups is 1. The van der Waals surface area contributed by atoms with E-state index < -0.39 is 0 Å². The number of ketones is 1. The van der Waals surface area contributed by atoms with Gasteiger partial charge in [-0.3, -0.25) is 4.79 Å². The van der Waals surface area contributed by atoms with E-state index in [4.69, 9.17) is 28.6 Å². The van der Waals surface area contributed by atoms with Crippen LogP contribution in [-0.4, -0.2) is 30.0 Å². The summed E-state index contributed by atoms with van der Waals surface area (Å²) in [4.78, 5) is 13.1. The Kier molecular flexibility index (Phi) is 4.91. The van der Waals surface area contributed by atoms with Gasteiger partial charge in [0, 0.05) is 19.1 Å². The van der Waals surface area contributed by atoms with Gasteiger partial charge in [0.1, 0.15) is 0 Å². The molecule has 1 aromatic carbocycles. The highest BCUT2D eigenvalue weighted by atomic mass is 79.9. The highest BCUT2D eigenvalue weighted by molar-refractivity contribution is 9.10. The van der Waals surface area contributed by atoms with Crippen LogP contribution < -0.4 is 4.74 Å². The fraction of sp³-hybridized carbons (Fsp3) is 0.273. The number of hydrogen-bond acceptors (Lipinski definition) is 3. The van der Waals surface area contributed by atoms with Gasteiger partial charge in [0.25, 0.3) is 5.17 Å². The largest absolute Gasteiger partial charge is 0.430 e. The molecule has 0 fully saturated rings. The van der Waals surface area contributed by atoms with Crippen molar-refractivity contribution in [3.05, 3.63) is 27.2 Å². The number of halogens is 2. The van der Waals surface area contributed by atoms with Gasteiger partial charge in [-0.1, -0.05) is 11.6 Å². The summed E-state index contributed by atoms with van der Waals surface area (Å²) in [6, 6.07) is 3.21. The number of carbonyl (C=O) groups is 1. The van der Waals surface area contributed by atoms with Crippen molar-refractivity contribution in [1.29, 1.82) is 0 Å². The third-order valence-electron chi connectivity index (χ3n) is 1.94. The first kappa shape index (κ1) is 14.4. The number of ether oxygens (including phenoxy) is 1. The second kappa shape index (κ2) is 5.80. The quantitative estimate of drug-likeness (QED) is 0.610. The summed E-state index contributed by atoms with van der Waals surface area (Å²) in [6.45, 7) is 1.45. The zero-order valence-electron chi connectivity index (χ0n) is 9.58. The Morgan fingerprint density at radius 1 is 1.47 bits per heavy atom. The van der Waals surface area contributed by atoms with Gasteiger partial charge in [0.15, 0.2) is 11.5 Å². The van der Waals surface area contributed by atoms with Crippen LogP contribution >= 0.6 is 39.7 Å². The number of nitrogens with zero attached hydrogens (tertiary/aromatic N) is 1. The maximum atomic E-state index is 11.5. The summed E-state index contributed by atoms with van der Waals surface area (Å²) < 4.78 is 6.08. The van der Waals surface area contributed by atoms with Crippen molar-refractivity contribution >= 4 is 50.7 Å². The minimum Gasteiger partial charge on any atom is -0.430 e. The topological polar surface area (TPSA) is 29.5 Å². The Balaban J connectivity index is 3.22. The lowest BCUT2D eigenvalue weighted by molar-refractivity contribution is 0.101. The van der Waals surface area contributed by atoms with E-state index in [1.165, 1.54) is 6.92 Å². The number of Topliss-reactive ketones (excluding diaryl/α,β-unsaturated/α-hetero) is 1. The van der Waals surface area contributed by atoms with Gasteiger partial charge >= 0.3 is 0 Å². The summed E-state index contributed by atoms with van der Waals surface area (Å²) in [5, 5.41) is 0.737. The molecule has 6 heteroatoms. The molecule has 1 aromatic rings. The average Bonchev–Trinajstić information content (AvgIpc) is 2.20. The molecule has 0 aliphatic heterocycles. The van der Waals surface area contributed by atoms with Crippen molar-refractivity contribution < 1.29 is 9.53 Å². The first-order valence-corrected chi connectivity index (χ1v) is 6.30. The van der Waals surface area contributed by atoms with Crippen molar-refractivity contribution in [2.24, 2.45) is 0 Å². The number of benzene rings is 1. The monoisotopic (exact) mass is 335 g/mol. The van der Waals surface area contributed by atoms with Gasteiger partial charge < -0.3 is 9.64 Å². The van der Waals surface area contributed by atoms with Gasteiger partial charge in [-0.2, -0.15) is 0 Å². The van der Waals surface area contributed by atoms with Gasteiger partial charge in [-0.15, -0.1) is 0 Å². The van der Waals surface area contributed by atoms with Crippen LogP contribution in [0.3, 0.4) is 0 Å². The van der Waals surface area contributed by atoms with Crippen molar-refractivity contribution in [1.82, 2.24) is 4.90 Å². The Morgan fingerprint density at radius 2 is 2.06 bits per heavy atom. The molecule has 0 amide bonds. The summed E-state index contributed by atoms with van der Waals surface area (Å²) in [7, 11) is 3.53. The minimum absolute atomic E-state index is 0.134. The lowest BCUT2D eigenvalue weighted by atomic mass is 10.1. The molecule has 0 saturated heterocycles. The standard InChI is InChI=1S/C11H11BrClNO2S/c1-6(15)8-4-7(13)5-9(12)10(8)16-11(17)14(2)3/h4-5H,1-3H3. The predicted molar refractivity (Wildman–Crippen MR) is 76.1 cm³/mol. The number of hydrogen-bond donors (Lipinski definition) is 0. The van der Waals surface area contributed by atoms with Crippen LogP contribution in [0.25, 0.3) is 0 Å². The lowest BCUT2D eigenvalue weighted by Gasteiger charge is -2.17. The van der Waals surface area contributed by atoms with E-state index in [9.17, 15) is 4.79 Å². The van der Waals surface area contributed by atoms with Crippen molar-refractivity contribution in [2.75, 3.05) is 14.1 Å². The number of rotatable bonds is 2. The average molecular weight is 337 g/mol. The minimum atomic E-state index is -0.134. The van der Waals surface area contributed by atoms with E-state index in [1.54, 1.807) is 31.1 Å². The van der Waals surface area contributed by atoms with Crippen molar-refractivity contribution in [2.45, 2.75) is 6.92 Å². The second-order valence-corrected chi connectivity index (χ2v) is 5.22. The molecule has 0 heterocycles. The van der Waals surface area contributed by atoms with Crippen LogP contribution in [0.4, 0.5) is 0 Å². The third-order valence-corrected chi connectivity index (χ3v) is 3.20. The van der Waals surface area contributed by atoms with Crippen molar-refractivity contribution in [3.8, 4) is 5.75 Å². The van der Waals surface area contributed by atoms with E-state index in [2.05, 4.69) is 15.9 Å². The molecule has 0 aliphatic carbocycles. The third kappa shape index (κ3) is 3.66. The maximum absolute atomic E-state index is 11.5. The van der Waals surface area contributed by atoms with Gasteiger partial charge in [-0.05, 0) is 47.2 Å². The molecule has 0 radical (unpaired) electrons. The molecule has 0 bridgehead atoms. The molecule has 17 heavy (non-hydrogen) atoms. The molecule has 0 N–H and O–H groups in total. The van der Waals surface area contributed by atoms with Crippen LogP contribution in [0.15, 0.2) is 16.6 Å². The molecular weight excluding hydrogens is 326 g/mol. The van der Waals surface area contributed by atoms with Crippen LogP contribution in [0.1, 0.15) is 17.3 Å². The number of carbonyl (C=O) groups excluding carboxylic acids is 1. The van der Waals surface area contributed by atoms with Crippen LogP contribution in [0.2, 0.25) is 5.02 Å². The van der Waals surface area contributed by atoms with E-state index in [1.807, 2.05) is 0 Å². The molecule has 92 valence electrons. The van der Waals surface area contributed by atoms with E-state index in [0.29, 0.717) is 20.8 Å². The Bertz CT molecular complexity index is 477. The smallest absolute Gasteiger partial charge is 0.264 e. The Labute approximate surface area is 119 Å². The molecular formula is C11H11BrClNO2S. The highest BCUT2D eigenvalue weighted by Crippen LogP contribution is 2.33. The Morgan fingerprint density at radius 3 is 2.53 bits per heavy atom. The zero-order valence-corrected chi connectivity index (χ0v) is 12.7. The first-order valence-electron chi connectivity index (χ1n) is 4.72. The maximum Gasteiger partial charge on any atom is 0.264 e. The molecule has 0 atom stereocenters. The summed E-state index contributed by atoms with van der Waals surface area (Å²) in [5.41, 5.74) is 0.397. The summed E-state index contributed by atoms with van der Waals surface area (Å²) in [6.07, 6.45) is 0. The molecule has 1 rings (SSSR count). The first-order chi connectivity index (χ1) is 7.82. The van der Waals surface area contributed by atoms with Crippen molar-refractivity contribution in [3.63, 3.8) is 0 Å². The van der Waals surface area contributed by atoms with Gasteiger partial charge in [0.05, 0.1) is 10.0 Å². The summed E-state index contributed by atoms with van der Waals surface area (Å²) in [5.74, 6) is 0.255. The summed E-state index contributed by atoms with van der Waals surface area (Å²) >= 11 is 14.2. The second-order valence-electron chi connectivity index (χ2n) is 3.58. The SMILES string of the molecule is CC(=O)c1cc(Cl)cc(Br)c1OC(=S)N(C)C. The van der Waals surface area contributed by atoms with E-state index >= 15 is 0 Å². The molecule has 0 saturated carbocycles. The normalized spacial score (nSPS) is 9.94. The van der Waals surface area contributed by atoms with Crippen LogP contribution in [0.5, 0.6) is 5.75 Å². The highest BCUT2D eigenvalue weighted by Gasteiger charge is 2.16. The lowest BCUT2D eigenvalue weighted by Crippen LogP contribution is -2.25. The Hall–Kier alpha value is -0.650. The molecule has 0 aromatic heterocycles. The van der Waals surface area contributed by atoms with E-state index in [0.717, 1.165) is 0 Å². The van der Waals surface area contributed by atoms with Crippen LogP contribution in [-0.2, 0) is 0 Å². The van der Waals surface area contributed by atoms with Gasteiger partial charge in [0.2, 0.25) is 0 Å². The fourth-order valence-electron chi connectivity index (χ4n) is 1.10. The van der Waals surface area contributed by atoms with Crippen LogP contribution in [0, 0.1) is 0 Å². The molecule has 0 spiro atoms. The van der Waals surface area contributed by atoms with Gasteiger partial charge in [-0.25, -0.2) is 0 Å². The molecule has 3 nitrogen and oxygen atoms in total.